The maximum Gasteiger partial charge on any atom is 0.219 e. The summed E-state index contributed by atoms with van der Waals surface area (Å²) in [6, 6.07) is 0. The summed E-state index contributed by atoms with van der Waals surface area (Å²) in [7, 11) is -4.17. The predicted molar refractivity (Wildman–Crippen MR) is 204 cm³/mol. The van der Waals surface area contributed by atoms with Crippen LogP contribution in [0.4, 0.5) is 0 Å². The molecule has 5 nitrogen and oxygen atoms in total. The van der Waals surface area contributed by atoms with Crippen molar-refractivity contribution in [2.24, 2.45) is 17.0 Å². The molecule has 276 valence electrons. The Bertz CT molecular complexity index is 908. The molecule has 0 saturated carbocycles. The second-order valence-electron chi connectivity index (χ2n) is 14.4. The zero-order valence-electron chi connectivity index (χ0n) is 31.5. The molecule has 0 rings (SSSR count). The Morgan fingerprint density at radius 3 is 1.11 bits per heavy atom. The van der Waals surface area contributed by atoms with Crippen LogP contribution in [0.15, 0.2) is 24.3 Å². The first kappa shape index (κ1) is 45.7. The average Bonchev–Trinajstić information content (AvgIpc) is 3.02. The molecule has 0 fully saturated rings. The van der Waals surface area contributed by atoms with Gasteiger partial charge in [0, 0.05) is 18.8 Å². The van der Waals surface area contributed by atoms with Crippen LogP contribution in [0, 0.1) is 11.8 Å². The zero-order chi connectivity index (χ0) is 35.0. The smallest absolute Gasteiger partial charge is 0.219 e. The highest BCUT2D eigenvalue weighted by Crippen LogP contribution is 2.26. The molecule has 0 aliphatic heterocycles. The SMILES string of the molecule is CCCCCCCC/C=C\CCCCCCCC(=O)C(C(C)C)C(C(=O)CCCCCCC/C=C\CCCCCCCC)S(N)(=O)=O. The van der Waals surface area contributed by atoms with Gasteiger partial charge < -0.3 is 0 Å². The van der Waals surface area contributed by atoms with Gasteiger partial charge >= 0.3 is 0 Å². The molecular weight excluding hydrogens is 603 g/mol. The van der Waals surface area contributed by atoms with Crippen molar-refractivity contribution in [3.8, 4) is 0 Å². The van der Waals surface area contributed by atoms with E-state index in [1.807, 2.05) is 13.8 Å². The van der Waals surface area contributed by atoms with Crippen LogP contribution in [-0.4, -0.2) is 25.2 Å². The van der Waals surface area contributed by atoms with E-state index in [4.69, 9.17) is 5.14 Å². The van der Waals surface area contributed by atoms with Crippen molar-refractivity contribution in [3.05, 3.63) is 24.3 Å². The van der Waals surface area contributed by atoms with Crippen molar-refractivity contribution in [2.45, 2.75) is 213 Å². The largest absolute Gasteiger partial charge is 0.299 e. The minimum Gasteiger partial charge on any atom is -0.299 e. The van der Waals surface area contributed by atoms with Crippen LogP contribution < -0.4 is 5.14 Å². The number of primary sulfonamides is 1. The molecule has 0 bridgehead atoms. The number of carbonyl (C=O) groups excluding carboxylic acids is 2. The molecule has 0 heterocycles. The first-order valence-corrected chi connectivity index (χ1v) is 21.6. The summed E-state index contributed by atoms with van der Waals surface area (Å²) in [5, 5.41) is 4.16. The number of Topliss-reactive ketones (excluding diaryl/α,β-unsaturated/α-hetero) is 2. The number of ketones is 2. The summed E-state index contributed by atoms with van der Waals surface area (Å²) in [5.74, 6) is -1.64. The molecule has 0 radical (unpaired) electrons. The van der Waals surface area contributed by atoms with Crippen LogP contribution >= 0.6 is 0 Å². The van der Waals surface area contributed by atoms with E-state index >= 15 is 0 Å². The van der Waals surface area contributed by atoms with Crippen molar-refractivity contribution in [3.63, 3.8) is 0 Å². The van der Waals surface area contributed by atoms with E-state index < -0.39 is 21.2 Å². The van der Waals surface area contributed by atoms with Crippen molar-refractivity contribution in [1.82, 2.24) is 0 Å². The highest BCUT2D eigenvalue weighted by atomic mass is 32.2. The molecule has 0 saturated heterocycles. The lowest BCUT2D eigenvalue weighted by Gasteiger charge is -2.26. The minimum atomic E-state index is -4.17. The monoisotopic (exact) mass is 680 g/mol. The van der Waals surface area contributed by atoms with E-state index in [0.717, 1.165) is 70.6 Å². The Balaban J connectivity index is 4.28. The normalized spacial score (nSPS) is 13.7. The summed E-state index contributed by atoms with van der Waals surface area (Å²) in [6.07, 6.45) is 40.2. The second kappa shape index (κ2) is 32.0. The van der Waals surface area contributed by atoms with E-state index in [2.05, 4.69) is 38.2 Å². The summed E-state index contributed by atoms with van der Waals surface area (Å²) in [6.45, 7) is 8.16. The maximum absolute atomic E-state index is 13.2. The van der Waals surface area contributed by atoms with Crippen LogP contribution in [0.1, 0.15) is 207 Å². The minimum absolute atomic E-state index is 0.130. The number of carbonyl (C=O) groups is 2. The molecular formula is C41H77NO4S. The van der Waals surface area contributed by atoms with E-state index in [9.17, 15) is 18.0 Å². The number of rotatable bonds is 35. The van der Waals surface area contributed by atoms with Gasteiger partial charge in [-0.3, -0.25) is 9.59 Å². The van der Waals surface area contributed by atoms with Crippen molar-refractivity contribution in [2.75, 3.05) is 0 Å². The lowest BCUT2D eigenvalue weighted by Crippen LogP contribution is -2.46. The van der Waals surface area contributed by atoms with Gasteiger partial charge in [0.1, 0.15) is 11.0 Å². The third-order valence-electron chi connectivity index (χ3n) is 9.46. The third kappa shape index (κ3) is 27.3. The lowest BCUT2D eigenvalue weighted by molar-refractivity contribution is -0.129. The molecule has 0 aliphatic carbocycles. The molecule has 2 unspecified atom stereocenters. The van der Waals surface area contributed by atoms with Gasteiger partial charge in [0.25, 0.3) is 0 Å². The summed E-state index contributed by atoms with van der Waals surface area (Å²) in [5.41, 5.74) is 0. The first-order valence-electron chi connectivity index (χ1n) is 20.0. The molecule has 2 atom stereocenters. The number of nitrogens with two attached hydrogens (primary N) is 1. The van der Waals surface area contributed by atoms with Crippen molar-refractivity contribution >= 4 is 21.6 Å². The number of sulfonamides is 1. The van der Waals surface area contributed by atoms with Gasteiger partial charge in [0.05, 0.1) is 0 Å². The molecule has 0 aromatic heterocycles. The average molecular weight is 680 g/mol. The quantitative estimate of drug-likeness (QED) is 0.0533. The van der Waals surface area contributed by atoms with Gasteiger partial charge in [-0.2, -0.15) is 0 Å². The highest BCUT2D eigenvalue weighted by molar-refractivity contribution is 7.90. The standard InChI is InChI=1S/C41H77NO4S/c1-5-7-9-11-13-15-17-19-21-23-25-27-29-31-33-35-38(43)40(37(3)4)41(47(42,45)46)39(44)36-34-32-30-28-26-24-22-20-18-16-14-12-10-8-6-2/h19-22,37,40-41H,5-18,23-36H2,1-4H3,(H2,42,45,46)/b21-19-,22-20-. The number of allylic oxidation sites excluding steroid dienone is 4. The summed E-state index contributed by atoms with van der Waals surface area (Å²) < 4.78 is 25.2. The fourth-order valence-electron chi connectivity index (χ4n) is 6.53. The summed E-state index contributed by atoms with van der Waals surface area (Å²) >= 11 is 0. The van der Waals surface area contributed by atoms with Crippen molar-refractivity contribution < 1.29 is 18.0 Å². The van der Waals surface area contributed by atoms with Gasteiger partial charge in [0.15, 0.2) is 5.78 Å². The van der Waals surface area contributed by atoms with E-state index in [1.165, 1.54) is 89.9 Å². The van der Waals surface area contributed by atoms with Crippen LogP contribution in [0.3, 0.4) is 0 Å². The molecule has 0 aromatic rings. The van der Waals surface area contributed by atoms with Gasteiger partial charge in [-0.25, -0.2) is 13.6 Å². The Morgan fingerprint density at radius 2 is 0.787 bits per heavy atom. The lowest BCUT2D eigenvalue weighted by atomic mass is 9.83. The topological polar surface area (TPSA) is 94.3 Å². The third-order valence-corrected chi connectivity index (χ3v) is 10.7. The molecule has 2 N–H and O–H groups in total. The number of hydrogen-bond acceptors (Lipinski definition) is 4. The van der Waals surface area contributed by atoms with Gasteiger partial charge in [-0.05, 0) is 70.1 Å². The van der Waals surface area contributed by atoms with Crippen LogP contribution in [-0.2, 0) is 19.6 Å². The molecule has 6 heteroatoms. The second-order valence-corrected chi connectivity index (χ2v) is 16.1. The van der Waals surface area contributed by atoms with Gasteiger partial charge in [-0.1, -0.05) is 155 Å². The molecule has 0 spiro atoms. The van der Waals surface area contributed by atoms with E-state index in [0.29, 0.717) is 12.8 Å². The number of hydrogen-bond donors (Lipinski definition) is 1. The van der Waals surface area contributed by atoms with Gasteiger partial charge in [-0.15, -0.1) is 0 Å². The summed E-state index contributed by atoms with van der Waals surface area (Å²) in [4.78, 5) is 26.4. The Kier molecular flexibility index (Phi) is 31.1. The predicted octanol–water partition coefficient (Wildman–Crippen LogP) is 12.1. The van der Waals surface area contributed by atoms with Crippen LogP contribution in [0.2, 0.25) is 0 Å². The Morgan fingerprint density at radius 1 is 0.489 bits per heavy atom. The van der Waals surface area contributed by atoms with Crippen molar-refractivity contribution in [1.29, 1.82) is 0 Å². The van der Waals surface area contributed by atoms with E-state index in [-0.39, 0.29) is 23.9 Å². The fraction of sp³-hybridized carbons (Fsp3) is 0.854. The molecule has 0 amide bonds. The molecule has 47 heavy (non-hydrogen) atoms. The molecule has 0 aliphatic rings. The fourth-order valence-corrected chi connectivity index (χ4v) is 7.89. The highest BCUT2D eigenvalue weighted by Gasteiger charge is 2.42. The van der Waals surface area contributed by atoms with Crippen LogP contribution in [0.5, 0.6) is 0 Å². The first-order chi connectivity index (χ1) is 22.7. The Labute approximate surface area is 292 Å². The Hall–Kier alpha value is -1.27. The van der Waals surface area contributed by atoms with E-state index in [1.54, 1.807) is 0 Å². The maximum atomic E-state index is 13.2. The zero-order valence-corrected chi connectivity index (χ0v) is 32.3. The number of unbranched alkanes of at least 4 members (excludes halogenated alkanes) is 22. The van der Waals surface area contributed by atoms with Crippen LogP contribution in [0.25, 0.3) is 0 Å². The molecule has 0 aromatic carbocycles. The van der Waals surface area contributed by atoms with Gasteiger partial charge in [0.2, 0.25) is 10.0 Å².